The van der Waals surface area contributed by atoms with E-state index in [0.29, 0.717) is 30.9 Å². The Morgan fingerprint density at radius 3 is 2.94 bits per heavy atom. The quantitative estimate of drug-likeness (QED) is 0.574. The number of carbonyl (C=O) groups is 2. The molecule has 3 aromatic rings. The van der Waals surface area contributed by atoms with Gasteiger partial charge in [0.05, 0.1) is 37.3 Å². The van der Waals surface area contributed by atoms with Crippen LogP contribution in [0.4, 0.5) is 5.69 Å². The van der Waals surface area contributed by atoms with Crippen LogP contribution in [0.5, 0.6) is 5.75 Å². The summed E-state index contributed by atoms with van der Waals surface area (Å²) in [5.74, 6) is -0.675. The highest BCUT2D eigenvalue weighted by Gasteiger charge is 2.67. The second-order valence-corrected chi connectivity index (χ2v) is 8.90. The number of carbonyl (C=O) groups excluding carboxylic acids is 2. The van der Waals surface area contributed by atoms with Crippen LogP contribution >= 0.6 is 0 Å². The molecule has 2 bridgehead atoms. The maximum atomic E-state index is 13.5. The molecule has 3 aliphatic rings. The summed E-state index contributed by atoms with van der Waals surface area (Å²) in [5.41, 5.74) is 2.18. The molecule has 1 aromatic heterocycles. The van der Waals surface area contributed by atoms with Gasteiger partial charge in [-0.2, -0.15) is 0 Å². The molecule has 1 spiro atoms. The summed E-state index contributed by atoms with van der Waals surface area (Å²) in [7, 11) is 1.59. The first-order valence-electron chi connectivity index (χ1n) is 11.3. The normalized spacial score (nSPS) is 27.4. The minimum absolute atomic E-state index is 0.0943. The second-order valence-electron chi connectivity index (χ2n) is 8.90. The molecule has 3 aliphatic heterocycles. The van der Waals surface area contributed by atoms with Crippen molar-refractivity contribution in [3.8, 4) is 5.75 Å². The summed E-state index contributed by atoms with van der Waals surface area (Å²) in [5, 5.41) is 4.22. The zero-order chi connectivity index (χ0) is 22.6. The molecule has 2 amide bonds. The van der Waals surface area contributed by atoms with Gasteiger partial charge in [-0.3, -0.25) is 9.59 Å². The molecule has 0 radical (unpaired) electrons. The molecule has 3 unspecified atom stereocenters. The van der Waals surface area contributed by atoms with Crippen molar-refractivity contribution < 1.29 is 19.1 Å². The van der Waals surface area contributed by atoms with Gasteiger partial charge in [-0.1, -0.05) is 42.5 Å². The molecule has 7 nitrogen and oxygen atoms in total. The first kappa shape index (κ1) is 20.1. The minimum atomic E-state index is -0.762. The number of aromatic nitrogens is 1. The number of amides is 2. The Bertz CT molecular complexity index is 1280. The van der Waals surface area contributed by atoms with Crippen LogP contribution in [-0.4, -0.2) is 48.7 Å². The number of hydrogen-bond donors (Lipinski definition) is 2. The van der Waals surface area contributed by atoms with Gasteiger partial charge < -0.3 is 24.7 Å². The standard InChI is InChI=1S/C26H25N3O4/c1-32-20-9-5-4-8-19(20)29-15-26-12-10-21(33-26)22(23(26)25(29)31)24(30)27-13-11-16-14-28-18-7-3-2-6-17(16)18/h2-10,12,14,21-23,28H,11,13,15H2,1H3,(H,27,30)/t21-,22?,23?,26?/m0/s1. The van der Waals surface area contributed by atoms with Crippen molar-refractivity contribution in [2.24, 2.45) is 11.8 Å². The number of methoxy groups -OCH3 is 1. The first-order valence-corrected chi connectivity index (χ1v) is 11.3. The maximum Gasteiger partial charge on any atom is 0.234 e. The van der Waals surface area contributed by atoms with Gasteiger partial charge in [-0.25, -0.2) is 0 Å². The van der Waals surface area contributed by atoms with Crippen molar-refractivity contribution in [1.29, 1.82) is 0 Å². The summed E-state index contributed by atoms with van der Waals surface area (Å²) in [6.07, 6.45) is 6.22. The number of fused-ring (bicyclic) bond motifs is 2. The van der Waals surface area contributed by atoms with Gasteiger partial charge in [0.25, 0.3) is 0 Å². The van der Waals surface area contributed by atoms with Crippen molar-refractivity contribution in [2.45, 2.75) is 18.1 Å². The van der Waals surface area contributed by atoms with Crippen LogP contribution in [0.15, 0.2) is 66.9 Å². The third-order valence-electron chi connectivity index (χ3n) is 7.15. The fourth-order valence-electron chi connectivity index (χ4n) is 5.63. The zero-order valence-corrected chi connectivity index (χ0v) is 18.3. The van der Waals surface area contributed by atoms with Crippen LogP contribution in [0.3, 0.4) is 0 Å². The molecule has 7 heteroatoms. The molecule has 0 aliphatic carbocycles. The molecule has 2 fully saturated rings. The van der Waals surface area contributed by atoms with Gasteiger partial charge in [-0.05, 0) is 30.2 Å². The van der Waals surface area contributed by atoms with Crippen LogP contribution in [0.25, 0.3) is 10.9 Å². The third kappa shape index (κ3) is 2.99. The van der Waals surface area contributed by atoms with E-state index in [-0.39, 0.29) is 17.9 Å². The fraction of sp³-hybridized carbons (Fsp3) is 0.308. The monoisotopic (exact) mass is 443 g/mol. The predicted octanol–water partition coefficient (Wildman–Crippen LogP) is 2.82. The zero-order valence-electron chi connectivity index (χ0n) is 18.3. The largest absolute Gasteiger partial charge is 0.495 e. The Morgan fingerprint density at radius 1 is 1.24 bits per heavy atom. The third-order valence-corrected chi connectivity index (χ3v) is 7.15. The lowest BCUT2D eigenvalue weighted by Gasteiger charge is -2.23. The molecular weight excluding hydrogens is 418 g/mol. The molecule has 33 heavy (non-hydrogen) atoms. The Morgan fingerprint density at radius 2 is 2.06 bits per heavy atom. The molecule has 168 valence electrons. The van der Waals surface area contributed by atoms with Crippen LogP contribution in [0.2, 0.25) is 0 Å². The molecular formula is C26H25N3O4. The number of hydrogen-bond acceptors (Lipinski definition) is 4. The number of nitrogens with one attached hydrogen (secondary N) is 2. The van der Waals surface area contributed by atoms with E-state index in [9.17, 15) is 9.59 Å². The molecule has 0 saturated carbocycles. The van der Waals surface area contributed by atoms with Gasteiger partial charge in [0.2, 0.25) is 11.8 Å². The van der Waals surface area contributed by atoms with Crippen molar-refractivity contribution in [3.63, 3.8) is 0 Å². The lowest BCUT2D eigenvalue weighted by Crippen LogP contribution is -2.44. The molecule has 2 N–H and O–H groups in total. The molecule has 4 heterocycles. The van der Waals surface area contributed by atoms with Gasteiger partial charge in [0.15, 0.2) is 0 Å². The smallest absolute Gasteiger partial charge is 0.234 e. The van der Waals surface area contributed by atoms with Crippen molar-refractivity contribution in [2.75, 3.05) is 25.1 Å². The van der Waals surface area contributed by atoms with E-state index in [1.165, 1.54) is 0 Å². The first-order chi connectivity index (χ1) is 16.1. The Labute approximate surface area is 191 Å². The number of nitrogens with zero attached hydrogens (tertiary/aromatic N) is 1. The number of rotatable bonds is 6. The molecule has 4 atom stereocenters. The Balaban J connectivity index is 1.19. The summed E-state index contributed by atoms with van der Waals surface area (Å²) in [4.78, 5) is 31.7. The van der Waals surface area contributed by atoms with E-state index in [0.717, 1.165) is 16.5 Å². The second kappa shape index (κ2) is 7.49. The Hall–Kier alpha value is -3.58. The van der Waals surface area contributed by atoms with Crippen LogP contribution < -0.4 is 15.0 Å². The lowest BCUT2D eigenvalue weighted by molar-refractivity contribution is -0.131. The van der Waals surface area contributed by atoms with E-state index in [1.807, 2.05) is 60.8 Å². The molecule has 2 saturated heterocycles. The van der Waals surface area contributed by atoms with Gasteiger partial charge in [-0.15, -0.1) is 0 Å². The number of ether oxygens (including phenoxy) is 2. The maximum absolute atomic E-state index is 13.5. The Kier molecular flexibility index (Phi) is 4.55. The number of H-pyrrole nitrogens is 1. The van der Waals surface area contributed by atoms with E-state index in [2.05, 4.69) is 16.4 Å². The molecule has 6 rings (SSSR count). The van der Waals surface area contributed by atoms with Crippen molar-refractivity contribution >= 4 is 28.4 Å². The summed E-state index contributed by atoms with van der Waals surface area (Å²) >= 11 is 0. The van der Waals surface area contributed by atoms with Crippen LogP contribution in [0, 0.1) is 11.8 Å². The van der Waals surface area contributed by atoms with Crippen LogP contribution in [0.1, 0.15) is 5.56 Å². The van der Waals surface area contributed by atoms with Crippen LogP contribution in [-0.2, 0) is 20.7 Å². The SMILES string of the molecule is COc1ccccc1N1CC23C=C[C@H](O2)C(C(=O)NCCc2c[nH]c4ccccc24)C3C1=O. The van der Waals surface area contributed by atoms with E-state index in [4.69, 9.17) is 9.47 Å². The van der Waals surface area contributed by atoms with E-state index in [1.54, 1.807) is 12.0 Å². The van der Waals surface area contributed by atoms with E-state index < -0.39 is 17.4 Å². The summed E-state index contributed by atoms with van der Waals surface area (Å²) in [6.45, 7) is 0.876. The van der Waals surface area contributed by atoms with Crippen molar-refractivity contribution in [1.82, 2.24) is 10.3 Å². The number of para-hydroxylation sites is 3. The van der Waals surface area contributed by atoms with Gasteiger partial charge in [0.1, 0.15) is 11.4 Å². The highest BCUT2D eigenvalue weighted by Crippen LogP contribution is 2.53. The van der Waals surface area contributed by atoms with E-state index >= 15 is 0 Å². The average molecular weight is 444 g/mol. The lowest BCUT2D eigenvalue weighted by atomic mass is 9.77. The fourth-order valence-corrected chi connectivity index (χ4v) is 5.63. The van der Waals surface area contributed by atoms with Gasteiger partial charge in [0, 0.05) is 23.6 Å². The summed E-state index contributed by atoms with van der Waals surface area (Å²) < 4.78 is 11.7. The number of anilines is 1. The van der Waals surface area contributed by atoms with Crippen molar-refractivity contribution in [3.05, 3.63) is 72.4 Å². The highest BCUT2D eigenvalue weighted by molar-refractivity contribution is 6.04. The number of aromatic amines is 1. The topological polar surface area (TPSA) is 83.7 Å². The predicted molar refractivity (Wildman–Crippen MR) is 124 cm³/mol. The van der Waals surface area contributed by atoms with Gasteiger partial charge >= 0.3 is 0 Å². The highest BCUT2D eigenvalue weighted by atomic mass is 16.5. The summed E-state index contributed by atoms with van der Waals surface area (Å²) in [6, 6.07) is 15.6. The minimum Gasteiger partial charge on any atom is -0.495 e. The molecule has 2 aromatic carbocycles. The average Bonchev–Trinajstić information content (AvgIpc) is 3.59. The number of benzene rings is 2.